The predicted octanol–water partition coefficient (Wildman–Crippen LogP) is 3.46. The Morgan fingerprint density at radius 2 is 2.03 bits per heavy atom. The summed E-state index contributed by atoms with van der Waals surface area (Å²) >= 11 is 12.3. The maximum absolute atomic E-state index is 13.5. The van der Waals surface area contributed by atoms with Gasteiger partial charge in [-0.25, -0.2) is 14.8 Å². The van der Waals surface area contributed by atoms with E-state index in [0.29, 0.717) is 60.5 Å². The molecule has 1 amide bonds. The van der Waals surface area contributed by atoms with E-state index in [9.17, 15) is 9.59 Å². The van der Waals surface area contributed by atoms with Crippen molar-refractivity contribution in [2.24, 2.45) is 0 Å². The van der Waals surface area contributed by atoms with Crippen molar-refractivity contribution in [1.29, 1.82) is 0 Å². The lowest BCUT2D eigenvalue weighted by atomic mass is 10.1. The van der Waals surface area contributed by atoms with Crippen molar-refractivity contribution in [1.82, 2.24) is 19.4 Å². The average Bonchev–Trinajstić information content (AvgIpc) is 3.17. The molecule has 1 aliphatic rings. The van der Waals surface area contributed by atoms with Crippen LogP contribution in [0.25, 0.3) is 11.4 Å². The summed E-state index contributed by atoms with van der Waals surface area (Å²) in [5.41, 5.74) is 1.28. The molecule has 0 aliphatic carbocycles. The van der Waals surface area contributed by atoms with Gasteiger partial charge in [-0.3, -0.25) is 9.36 Å². The third kappa shape index (κ3) is 4.84. The number of anilines is 1. The number of aryl methyl sites for hydroxylation is 1. The number of ether oxygens (including phenoxy) is 2. The van der Waals surface area contributed by atoms with Crippen LogP contribution in [0.2, 0.25) is 10.2 Å². The van der Waals surface area contributed by atoms with E-state index in [4.69, 9.17) is 37.7 Å². The van der Waals surface area contributed by atoms with Crippen LogP contribution in [0, 0.1) is 0 Å². The second-order valence-corrected chi connectivity index (χ2v) is 8.06. The Kier molecular flexibility index (Phi) is 7.97. The number of carbonyl (C=O) groups excluding carboxylic acids is 1. The summed E-state index contributed by atoms with van der Waals surface area (Å²) < 4.78 is 12.2. The molecule has 11 heteroatoms. The second kappa shape index (κ2) is 10.5. The van der Waals surface area contributed by atoms with E-state index in [1.165, 1.54) is 19.4 Å². The van der Waals surface area contributed by atoms with Gasteiger partial charge in [-0.15, -0.1) is 0 Å². The summed E-state index contributed by atoms with van der Waals surface area (Å²) in [4.78, 5) is 35.9. The van der Waals surface area contributed by atoms with Crippen LogP contribution in [0.1, 0.15) is 26.5 Å². The standard InChI is InChI=1S/C21H27Cl2N5O4/c1-5-14-18(25-15-10-27(21(30)31-4)11-16(15)32-7-3)20(29)28(6-2)19(26-14)12-9-24-17(23)8-13(12)22/h8-9,15-16,25H,5-7,10-11H2,1-4H3. The van der Waals surface area contributed by atoms with Crippen LogP contribution in [0.5, 0.6) is 0 Å². The third-order valence-electron chi connectivity index (χ3n) is 5.37. The van der Waals surface area contributed by atoms with Gasteiger partial charge in [-0.1, -0.05) is 30.1 Å². The van der Waals surface area contributed by atoms with Gasteiger partial charge in [0.25, 0.3) is 5.56 Å². The maximum Gasteiger partial charge on any atom is 0.409 e. The monoisotopic (exact) mass is 483 g/mol. The molecule has 2 aromatic heterocycles. The second-order valence-electron chi connectivity index (χ2n) is 7.27. The summed E-state index contributed by atoms with van der Waals surface area (Å²) in [6.45, 7) is 7.25. The van der Waals surface area contributed by atoms with Gasteiger partial charge in [0.2, 0.25) is 0 Å². The third-order valence-corrected chi connectivity index (χ3v) is 5.89. The van der Waals surface area contributed by atoms with E-state index in [1.54, 1.807) is 9.47 Å². The molecular weight excluding hydrogens is 457 g/mol. The average molecular weight is 484 g/mol. The number of rotatable bonds is 7. The van der Waals surface area contributed by atoms with Crippen LogP contribution in [0.15, 0.2) is 17.1 Å². The first-order valence-electron chi connectivity index (χ1n) is 10.5. The number of pyridine rings is 1. The number of halogens is 2. The summed E-state index contributed by atoms with van der Waals surface area (Å²) in [6.07, 6.45) is 1.31. The molecule has 9 nitrogen and oxygen atoms in total. The number of hydrogen-bond donors (Lipinski definition) is 1. The Bertz CT molecular complexity index is 1050. The van der Waals surface area contributed by atoms with Gasteiger partial charge in [0.05, 0.1) is 42.1 Å². The van der Waals surface area contributed by atoms with Crippen LogP contribution < -0.4 is 10.9 Å². The van der Waals surface area contributed by atoms with E-state index in [2.05, 4.69) is 10.3 Å². The van der Waals surface area contributed by atoms with Gasteiger partial charge >= 0.3 is 6.09 Å². The van der Waals surface area contributed by atoms with Crippen molar-refractivity contribution in [2.75, 3.05) is 32.1 Å². The number of hydrogen-bond acceptors (Lipinski definition) is 7. The first-order chi connectivity index (χ1) is 15.3. The van der Waals surface area contributed by atoms with Crippen LogP contribution >= 0.6 is 23.2 Å². The minimum Gasteiger partial charge on any atom is -0.453 e. The van der Waals surface area contributed by atoms with Gasteiger partial charge in [-0.2, -0.15) is 0 Å². The quantitative estimate of drug-likeness (QED) is 0.601. The van der Waals surface area contributed by atoms with Gasteiger partial charge in [0.1, 0.15) is 16.7 Å². The minimum atomic E-state index is -0.431. The molecule has 3 rings (SSSR count). The zero-order valence-corrected chi connectivity index (χ0v) is 20.0. The molecule has 174 valence electrons. The zero-order valence-electron chi connectivity index (χ0n) is 18.5. The molecule has 2 unspecified atom stereocenters. The van der Waals surface area contributed by atoms with Gasteiger partial charge < -0.3 is 19.7 Å². The Labute approximate surface area is 196 Å². The molecule has 0 spiro atoms. The number of likely N-dealkylation sites (tertiary alicyclic amines) is 1. The van der Waals surface area contributed by atoms with Crippen molar-refractivity contribution in [3.63, 3.8) is 0 Å². The number of nitrogens with one attached hydrogen (secondary N) is 1. The first-order valence-corrected chi connectivity index (χ1v) is 11.3. The fraction of sp³-hybridized carbons (Fsp3) is 0.524. The van der Waals surface area contributed by atoms with E-state index in [0.717, 1.165) is 0 Å². The van der Waals surface area contributed by atoms with Gasteiger partial charge in [-0.05, 0) is 26.3 Å². The molecule has 1 aliphatic heterocycles. The van der Waals surface area contributed by atoms with Crippen molar-refractivity contribution in [3.8, 4) is 11.4 Å². The van der Waals surface area contributed by atoms with Crippen LogP contribution in [0.3, 0.4) is 0 Å². The lowest BCUT2D eigenvalue weighted by Crippen LogP contribution is -2.38. The zero-order chi connectivity index (χ0) is 23.4. The van der Waals surface area contributed by atoms with Crippen molar-refractivity contribution in [2.45, 2.75) is 45.9 Å². The molecule has 32 heavy (non-hydrogen) atoms. The normalized spacial score (nSPS) is 18.1. The lowest BCUT2D eigenvalue weighted by molar-refractivity contribution is 0.0614. The Morgan fingerprint density at radius 1 is 1.28 bits per heavy atom. The summed E-state index contributed by atoms with van der Waals surface area (Å²) in [7, 11) is 1.34. The molecule has 2 aromatic rings. The van der Waals surface area contributed by atoms with Gasteiger partial charge in [0, 0.05) is 25.9 Å². The molecule has 1 N–H and O–H groups in total. The van der Waals surface area contributed by atoms with E-state index in [1.807, 2.05) is 20.8 Å². The molecule has 0 aromatic carbocycles. The summed E-state index contributed by atoms with van der Waals surface area (Å²) in [5, 5.41) is 3.93. The van der Waals surface area contributed by atoms with Crippen LogP contribution in [-0.4, -0.2) is 64.5 Å². The topological polar surface area (TPSA) is 98.6 Å². The predicted molar refractivity (Wildman–Crippen MR) is 124 cm³/mol. The number of carbonyl (C=O) groups is 1. The number of aromatic nitrogens is 3. The Morgan fingerprint density at radius 3 is 2.62 bits per heavy atom. The molecular formula is C21H27Cl2N5O4. The minimum absolute atomic E-state index is 0.230. The highest BCUT2D eigenvalue weighted by molar-refractivity contribution is 6.35. The number of amides is 1. The van der Waals surface area contributed by atoms with E-state index >= 15 is 0 Å². The molecule has 2 atom stereocenters. The van der Waals surface area contributed by atoms with Crippen molar-refractivity contribution >= 4 is 35.0 Å². The highest BCUT2D eigenvalue weighted by Crippen LogP contribution is 2.29. The molecule has 1 fully saturated rings. The lowest BCUT2D eigenvalue weighted by Gasteiger charge is -2.23. The smallest absolute Gasteiger partial charge is 0.409 e. The number of nitrogens with zero attached hydrogens (tertiary/aromatic N) is 4. The van der Waals surface area contributed by atoms with Crippen molar-refractivity contribution < 1.29 is 14.3 Å². The summed E-state index contributed by atoms with van der Waals surface area (Å²) in [6, 6.07) is 1.24. The Balaban J connectivity index is 2.03. The molecule has 0 saturated carbocycles. The molecule has 1 saturated heterocycles. The van der Waals surface area contributed by atoms with E-state index < -0.39 is 6.09 Å². The van der Waals surface area contributed by atoms with Crippen LogP contribution in [0.4, 0.5) is 10.5 Å². The molecule has 0 bridgehead atoms. The first kappa shape index (κ1) is 24.3. The largest absolute Gasteiger partial charge is 0.453 e. The van der Waals surface area contributed by atoms with E-state index in [-0.39, 0.29) is 22.9 Å². The summed E-state index contributed by atoms with van der Waals surface area (Å²) in [5.74, 6) is 0.429. The van der Waals surface area contributed by atoms with Crippen LogP contribution in [-0.2, 0) is 22.4 Å². The Hall–Kier alpha value is -2.36. The fourth-order valence-corrected chi connectivity index (χ4v) is 4.28. The fourth-order valence-electron chi connectivity index (χ4n) is 3.83. The van der Waals surface area contributed by atoms with Gasteiger partial charge in [0.15, 0.2) is 0 Å². The highest BCUT2D eigenvalue weighted by atomic mass is 35.5. The maximum atomic E-state index is 13.5. The molecule has 3 heterocycles. The van der Waals surface area contributed by atoms with Crippen molar-refractivity contribution in [3.05, 3.63) is 38.5 Å². The number of methoxy groups -OCH3 is 1. The SMILES string of the molecule is CCOC1CN(C(=O)OC)CC1Nc1c(CC)nc(-c2cnc(Cl)cc2Cl)n(CC)c1=O. The highest BCUT2D eigenvalue weighted by Gasteiger charge is 2.37. The molecule has 0 radical (unpaired) electrons.